The molecule has 38 heavy (non-hydrogen) atoms. The van der Waals surface area contributed by atoms with Gasteiger partial charge >= 0.3 is 5.97 Å². The van der Waals surface area contributed by atoms with Gasteiger partial charge in [0.25, 0.3) is 0 Å². The van der Waals surface area contributed by atoms with Gasteiger partial charge in [0.15, 0.2) is 5.78 Å². The molecule has 8 heteroatoms. The Hall–Kier alpha value is -2.79. The number of ketones is 1. The minimum Gasteiger partial charge on any atom is -0.496 e. The minimum absolute atomic E-state index is 0.186. The summed E-state index contributed by atoms with van der Waals surface area (Å²) in [5.41, 5.74) is 0.751. The van der Waals surface area contributed by atoms with Crippen molar-refractivity contribution in [3.63, 3.8) is 0 Å². The second-order valence-electron chi connectivity index (χ2n) is 8.96. The summed E-state index contributed by atoms with van der Waals surface area (Å²) < 4.78 is 30.1. The molecule has 0 amide bonds. The Morgan fingerprint density at radius 1 is 0.737 bits per heavy atom. The fraction of sp³-hybridized carbons (Fsp3) is 0.533. The van der Waals surface area contributed by atoms with Gasteiger partial charge in [-0.1, -0.05) is 95.0 Å². The van der Waals surface area contributed by atoms with Crippen molar-refractivity contribution in [1.29, 1.82) is 0 Å². The van der Waals surface area contributed by atoms with Gasteiger partial charge in [-0.3, -0.25) is 9.59 Å². The van der Waals surface area contributed by atoms with E-state index in [4.69, 9.17) is 23.5 Å². The average molecular weight is 549 g/mol. The molecule has 2 atom stereocenters. The van der Waals surface area contributed by atoms with Crippen LogP contribution < -0.4 is 14.2 Å². The van der Waals surface area contributed by atoms with Crippen molar-refractivity contribution in [3.05, 3.63) is 53.6 Å². The van der Waals surface area contributed by atoms with Crippen LogP contribution in [0.1, 0.15) is 93.0 Å². The average Bonchev–Trinajstić information content (AvgIpc) is 2.96. The van der Waals surface area contributed by atoms with Gasteiger partial charge in [0.1, 0.15) is 28.7 Å². The van der Waals surface area contributed by atoms with Gasteiger partial charge in [0.2, 0.25) is 0 Å². The lowest BCUT2D eigenvalue weighted by atomic mass is 9.89. The van der Waals surface area contributed by atoms with Crippen molar-refractivity contribution in [2.45, 2.75) is 77.0 Å². The number of carbonyl (C=O) groups excluding carboxylic acids is 2. The summed E-state index contributed by atoms with van der Waals surface area (Å²) >= 11 is 0. The Bertz CT molecular complexity index is 924. The third kappa shape index (κ3) is 10.9. The fourth-order valence-corrected chi connectivity index (χ4v) is 4.28. The number of benzene rings is 2. The Kier molecular flexibility index (Phi) is 17.7. The maximum absolute atomic E-state index is 13.7. The first-order valence-corrected chi connectivity index (χ1v) is 14.0. The molecule has 0 saturated carbocycles. The number of esters is 1. The van der Waals surface area contributed by atoms with Crippen LogP contribution in [0.2, 0.25) is 0 Å². The van der Waals surface area contributed by atoms with E-state index >= 15 is 0 Å². The van der Waals surface area contributed by atoms with E-state index in [1.807, 2.05) is 6.07 Å². The molecule has 2 aromatic rings. The second kappa shape index (κ2) is 20.2. The molecule has 7 nitrogen and oxygen atoms in total. The number of ether oxygens (including phenoxy) is 4. The summed E-state index contributed by atoms with van der Waals surface area (Å²) in [6.07, 6.45) is 12.0. The van der Waals surface area contributed by atoms with Crippen molar-refractivity contribution < 1.29 is 33.1 Å². The molecule has 0 spiro atoms. The number of Topliss-reactive ketones (excluding diaryl/α,β-unsaturated/α-hetero) is 1. The van der Waals surface area contributed by atoms with E-state index < -0.39 is 17.7 Å². The first-order chi connectivity index (χ1) is 18.6. The predicted octanol–water partition coefficient (Wildman–Crippen LogP) is 7.08. The number of hydrogen-bond donors (Lipinski definition) is 0. The van der Waals surface area contributed by atoms with E-state index in [9.17, 15) is 9.59 Å². The SMILES string of the molecule is CCCCCCCCCCCCOC(=O)C(C(=O)c1c(OC)cc(OC)cc1OC)c1ccccc1.O=[PH3]. The monoisotopic (exact) mass is 548 g/mol. The quantitative estimate of drug-likeness (QED) is 0.0646. The van der Waals surface area contributed by atoms with Crippen LogP contribution in [-0.2, 0) is 14.1 Å². The zero-order valence-corrected chi connectivity index (χ0v) is 24.9. The van der Waals surface area contributed by atoms with Crippen molar-refractivity contribution in [3.8, 4) is 17.2 Å². The lowest BCUT2D eigenvalue weighted by Gasteiger charge is -2.19. The van der Waals surface area contributed by atoms with Gasteiger partial charge in [0.05, 0.1) is 37.1 Å². The van der Waals surface area contributed by atoms with E-state index in [0.29, 0.717) is 27.0 Å². The molecule has 0 N–H and O–H groups in total. The maximum Gasteiger partial charge on any atom is 0.321 e. The Morgan fingerprint density at radius 3 is 1.71 bits per heavy atom. The third-order valence-electron chi connectivity index (χ3n) is 6.33. The van der Waals surface area contributed by atoms with E-state index in [-0.39, 0.29) is 17.1 Å². The minimum atomic E-state index is -1.12. The van der Waals surface area contributed by atoms with Crippen LogP contribution in [0, 0.1) is 0 Å². The van der Waals surface area contributed by atoms with E-state index in [2.05, 4.69) is 6.92 Å². The summed E-state index contributed by atoms with van der Waals surface area (Å²) in [5.74, 6) is -1.09. The summed E-state index contributed by atoms with van der Waals surface area (Å²) in [5, 5.41) is 0. The molecule has 0 saturated heterocycles. The molecule has 2 aromatic carbocycles. The molecule has 0 aromatic heterocycles. The van der Waals surface area contributed by atoms with Gasteiger partial charge in [-0.15, -0.1) is 0 Å². The van der Waals surface area contributed by atoms with Gasteiger partial charge in [0, 0.05) is 12.1 Å². The van der Waals surface area contributed by atoms with Crippen molar-refractivity contribution in [1.82, 2.24) is 0 Å². The highest BCUT2D eigenvalue weighted by molar-refractivity contribution is 7.00. The molecule has 212 valence electrons. The van der Waals surface area contributed by atoms with Crippen LogP contribution >= 0.6 is 9.12 Å². The molecule has 0 heterocycles. The van der Waals surface area contributed by atoms with Crippen molar-refractivity contribution in [2.75, 3.05) is 27.9 Å². The lowest BCUT2D eigenvalue weighted by Crippen LogP contribution is -2.25. The molecular weight excluding hydrogens is 503 g/mol. The summed E-state index contributed by atoms with van der Waals surface area (Å²) in [4.78, 5) is 26.9. The predicted molar refractivity (Wildman–Crippen MR) is 154 cm³/mol. The zero-order valence-electron chi connectivity index (χ0n) is 23.5. The van der Waals surface area contributed by atoms with Gasteiger partial charge in [-0.25, -0.2) is 0 Å². The normalized spacial score (nSPS) is 11.2. The van der Waals surface area contributed by atoms with Crippen LogP contribution in [0.5, 0.6) is 17.2 Å². The molecule has 0 fully saturated rings. The number of hydrogen-bond acceptors (Lipinski definition) is 7. The number of methoxy groups -OCH3 is 3. The maximum atomic E-state index is 13.7. The Labute approximate surface area is 229 Å². The molecule has 2 rings (SSSR count). The summed E-state index contributed by atoms with van der Waals surface area (Å²) in [6.45, 7) is 2.53. The molecular formula is C30H45O7P. The summed E-state index contributed by atoms with van der Waals surface area (Å²) in [6, 6.07) is 12.2. The number of rotatable bonds is 18. The van der Waals surface area contributed by atoms with Gasteiger partial charge < -0.3 is 23.5 Å². The fourth-order valence-electron chi connectivity index (χ4n) is 4.28. The zero-order chi connectivity index (χ0) is 28.2. The Balaban J connectivity index is 0.00000352. The van der Waals surface area contributed by atoms with Crippen molar-refractivity contribution >= 4 is 20.9 Å². The Morgan fingerprint density at radius 2 is 1.24 bits per heavy atom. The van der Waals surface area contributed by atoms with Gasteiger partial charge in [-0.2, -0.15) is 0 Å². The smallest absolute Gasteiger partial charge is 0.321 e. The largest absolute Gasteiger partial charge is 0.496 e. The molecule has 0 aliphatic carbocycles. The van der Waals surface area contributed by atoms with Gasteiger partial charge in [-0.05, 0) is 12.0 Å². The van der Waals surface area contributed by atoms with E-state index in [0.717, 1.165) is 19.3 Å². The standard InChI is InChI=1S/C30H42O6.H3OP/c1-5-6-7-8-9-10-11-12-13-17-20-36-30(32)27(23-18-15-14-16-19-23)29(31)28-25(34-3)21-24(33-2)22-26(28)35-4;1-2/h14-16,18-19,21-22,27H,5-13,17,20H2,1-4H3;2H3. The van der Waals surface area contributed by atoms with Crippen LogP contribution in [0.25, 0.3) is 0 Å². The number of unbranched alkanes of at least 4 members (excludes halogenated alkanes) is 9. The summed E-state index contributed by atoms with van der Waals surface area (Å²) in [7, 11) is 5.06. The first kappa shape index (κ1) is 33.2. The van der Waals surface area contributed by atoms with Crippen LogP contribution in [0.4, 0.5) is 0 Å². The molecule has 0 aliphatic heterocycles. The van der Waals surface area contributed by atoms with Crippen LogP contribution in [-0.4, -0.2) is 39.7 Å². The number of carbonyl (C=O) groups is 2. The lowest BCUT2D eigenvalue weighted by molar-refractivity contribution is -0.144. The first-order valence-electron chi connectivity index (χ1n) is 13.4. The van der Waals surface area contributed by atoms with E-state index in [1.54, 1.807) is 36.4 Å². The highest BCUT2D eigenvalue weighted by Gasteiger charge is 2.35. The topological polar surface area (TPSA) is 88.1 Å². The third-order valence-corrected chi connectivity index (χ3v) is 6.33. The molecule has 2 unspecified atom stereocenters. The second-order valence-corrected chi connectivity index (χ2v) is 8.96. The van der Waals surface area contributed by atoms with Crippen LogP contribution in [0.3, 0.4) is 0 Å². The highest BCUT2D eigenvalue weighted by Crippen LogP contribution is 2.38. The molecule has 0 bridgehead atoms. The van der Waals surface area contributed by atoms with Crippen molar-refractivity contribution in [2.24, 2.45) is 0 Å². The highest BCUT2D eigenvalue weighted by atomic mass is 31.0. The van der Waals surface area contributed by atoms with Crippen LogP contribution in [0.15, 0.2) is 42.5 Å². The molecule has 0 aliphatic rings. The van der Waals surface area contributed by atoms with E-state index in [1.165, 1.54) is 66.3 Å². The molecule has 0 radical (unpaired) electrons.